The molecule has 1 saturated carbocycles. The lowest BCUT2D eigenvalue weighted by atomic mass is 10.2. The van der Waals surface area contributed by atoms with Crippen LogP contribution in [0.1, 0.15) is 43.0 Å². The van der Waals surface area contributed by atoms with Gasteiger partial charge >= 0.3 is 6.18 Å². The monoisotopic (exact) mass is 395 g/mol. The van der Waals surface area contributed by atoms with Gasteiger partial charge in [-0.15, -0.1) is 0 Å². The predicted octanol–water partition coefficient (Wildman–Crippen LogP) is 2.84. The van der Waals surface area contributed by atoms with Gasteiger partial charge in [0, 0.05) is 19.1 Å². The normalized spacial score (nSPS) is 21.7. The van der Waals surface area contributed by atoms with E-state index in [9.17, 15) is 18.0 Å². The molecule has 1 saturated heterocycles. The van der Waals surface area contributed by atoms with Gasteiger partial charge in [-0.25, -0.2) is 0 Å². The molecule has 0 radical (unpaired) electrons. The number of ether oxygens (including phenoxy) is 1. The molecule has 0 spiro atoms. The second-order valence-electron chi connectivity index (χ2n) is 5.92. The molecule has 128 valence electrons. The molecule has 1 aromatic heterocycles. The first-order valence-corrected chi connectivity index (χ1v) is 8.37. The van der Waals surface area contributed by atoms with Gasteiger partial charge in [0.2, 0.25) is 5.91 Å². The number of alkyl halides is 3. The quantitative estimate of drug-likeness (QED) is 0.833. The Labute approximate surface area is 139 Å². The smallest absolute Gasteiger partial charge is 0.376 e. The number of halogens is 4. The summed E-state index contributed by atoms with van der Waals surface area (Å²) < 4.78 is 45.5. The molecule has 3 rings (SSSR count). The van der Waals surface area contributed by atoms with Gasteiger partial charge in [0.05, 0.1) is 16.3 Å². The Bertz CT molecular complexity index is 593. The Hall–Kier alpha value is -1.09. The molecular weight excluding hydrogens is 379 g/mol. The maximum absolute atomic E-state index is 13.0. The third kappa shape index (κ3) is 3.88. The highest BCUT2D eigenvalue weighted by molar-refractivity contribution is 9.10. The lowest BCUT2D eigenvalue weighted by molar-refractivity contribution is -0.142. The standard InChI is InChI=1S/C14H17BrF3N3O2/c15-11-12(8-3-4-8)21(20-13(11)14(16,17)18)7-10(22)19-6-9-2-1-5-23-9/h8-9H,1-7H2,(H,19,22). The van der Waals surface area contributed by atoms with Crippen LogP contribution >= 0.6 is 15.9 Å². The molecule has 9 heteroatoms. The Morgan fingerprint density at radius 3 is 2.70 bits per heavy atom. The average Bonchev–Trinajstić information content (AvgIpc) is 3.04. The highest BCUT2D eigenvalue weighted by Crippen LogP contribution is 2.46. The fourth-order valence-corrected chi connectivity index (χ4v) is 3.56. The van der Waals surface area contributed by atoms with Gasteiger partial charge in [-0.2, -0.15) is 18.3 Å². The van der Waals surface area contributed by atoms with Gasteiger partial charge < -0.3 is 10.1 Å². The van der Waals surface area contributed by atoms with Crippen LogP contribution in [0.4, 0.5) is 13.2 Å². The largest absolute Gasteiger partial charge is 0.436 e. The van der Waals surface area contributed by atoms with Gasteiger partial charge in [0.1, 0.15) is 6.54 Å². The topological polar surface area (TPSA) is 56.2 Å². The third-order valence-corrected chi connectivity index (χ3v) is 4.79. The molecule has 0 bridgehead atoms. The second kappa shape index (κ2) is 6.43. The maximum atomic E-state index is 13.0. The lowest BCUT2D eigenvalue weighted by Crippen LogP contribution is -2.34. The van der Waals surface area contributed by atoms with Crippen molar-refractivity contribution in [3.8, 4) is 0 Å². The molecular formula is C14H17BrF3N3O2. The Morgan fingerprint density at radius 1 is 1.39 bits per heavy atom. The molecule has 1 aliphatic carbocycles. The summed E-state index contributed by atoms with van der Waals surface area (Å²) in [6.07, 6.45) is -1.05. The van der Waals surface area contributed by atoms with E-state index in [1.807, 2.05) is 0 Å². The Kier molecular flexibility index (Phi) is 4.68. The first kappa shape index (κ1) is 16.8. The van der Waals surface area contributed by atoms with Crippen LogP contribution in [0.3, 0.4) is 0 Å². The number of carbonyl (C=O) groups is 1. The van der Waals surface area contributed by atoms with Crippen LogP contribution in [-0.4, -0.2) is 34.9 Å². The van der Waals surface area contributed by atoms with E-state index in [-0.39, 0.29) is 28.9 Å². The summed E-state index contributed by atoms with van der Waals surface area (Å²) in [4.78, 5) is 12.0. The van der Waals surface area contributed by atoms with E-state index < -0.39 is 11.9 Å². The van der Waals surface area contributed by atoms with E-state index in [2.05, 4.69) is 26.3 Å². The van der Waals surface area contributed by atoms with Crippen LogP contribution in [-0.2, 0) is 22.3 Å². The van der Waals surface area contributed by atoms with Gasteiger partial charge in [0.15, 0.2) is 5.69 Å². The van der Waals surface area contributed by atoms with Crippen molar-refractivity contribution in [1.29, 1.82) is 0 Å². The summed E-state index contributed by atoms with van der Waals surface area (Å²) in [6, 6.07) is 0. The van der Waals surface area contributed by atoms with Gasteiger partial charge in [-0.05, 0) is 41.6 Å². The molecule has 1 amide bonds. The zero-order valence-electron chi connectivity index (χ0n) is 12.3. The van der Waals surface area contributed by atoms with Gasteiger partial charge in [-0.1, -0.05) is 0 Å². The fourth-order valence-electron chi connectivity index (χ4n) is 2.73. The van der Waals surface area contributed by atoms with Crippen molar-refractivity contribution in [1.82, 2.24) is 15.1 Å². The molecule has 1 N–H and O–H groups in total. The van der Waals surface area contributed by atoms with Crippen LogP contribution in [0.5, 0.6) is 0 Å². The zero-order valence-corrected chi connectivity index (χ0v) is 13.9. The number of nitrogens with zero attached hydrogens (tertiary/aromatic N) is 2. The molecule has 1 unspecified atom stereocenters. The van der Waals surface area contributed by atoms with Crippen molar-refractivity contribution in [2.45, 2.75) is 50.4 Å². The number of amides is 1. The van der Waals surface area contributed by atoms with E-state index in [0.29, 0.717) is 18.8 Å². The molecule has 0 aromatic carbocycles. The van der Waals surface area contributed by atoms with Crippen molar-refractivity contribution in [2.75, 3.05) is 13.2 Å². The van der Waals surface area contributed by atoms with Crippen molar-refractivity contribution < 1.29 is 22.7 Å². The fraction of sp³-hybridized carbons (Fsp3) is 0.714. The SMILES string of the molecule is O=C(Cn1nc(C(F)(F)F)c(Br)c1C1CC1)NCC1CCCO1. The Balaban J connectivity index is 1.69. The number of carbonyl (C=O) groups excluding carboxylic acids is 1. The minimum Gasteiger partial charge on any atom is -0.376 e. The highest BCUT2D eigenvalue weighted by Gasteiger charge is 2.41. The molecule has 5 nitrogen and oxygen atoms in total. The average molecular weight is 396 g/mol. The molecule has 2 aliphatic rings. The van der Waals surface area contributed by atoms with Crippen LogP contribution < -0.4 is 5.32 Å². The van der Waals surface area contributed by atoms with Gasteiger partial charge in [0.25, 0.3) is 0 Å². The van der Waals surface area contributed by atoms with E-state index in [0.717, 1.165) is 25.7 Å². The number of nitrogens with one attached hydrogen (secondary N) is 1. The Morgan fingerprint density at radius 2 is 2.13 bits per heavy atom. The summed E-state index contributed by atoms with van der Waals surface area (Å²) in [6.45, 7) is 0.854. The minimum absolute atomic E-state index is 0.00283. The zero-order chi connectivity index (χ0) is 16.6. The molecule has 23 heavy (non-hydrogen) atoms. The molecule has 1 atom stereocenters. The summed E-state index contributed by atoms with van der Waals surface area (Å²) >= 11 is 3.01. The molecule has 2 fully saturated rings. The summed E-state index contributed by atoms with van der Waals surface area (Å²) in [5, 5.41) is 6.32. The van der Waals surface area contributed by atoms with Crippen molar-refractivity contribution >= 4 is 21.8 Å². The second-order valence-corrected chi connectivity index (χ2v) is 6.71. The first-order valence-electron chi connectivity index (χ1n) is 7.58. The van der Waals surface area contributed by atoms with Crippen LogP contribution in [0.25, 0.3) is 0 Å². The number of aromatic nitrogens is 2. The lowest BCUT2D eigenvalue weighted by Gasteiger charge is -2.12. The van der Waals surface area contributed by atoms with E-state index in [1.165, 1.54) is 4.68 Å². The van der Waals surface area contributed by atoms with E-state index in [1.54, 1.807) is 0 Å². The van der Waals surface area contributed by atoms with Crippen molar-refractivity contribution in [2.24, 2.45) is 0 Å². The minimum atomic E-state index is -4.54. The van der Waals surface area contributed by atoms with Crippen molar-refractivity contribution in [3.63, 3.8) is 0 Å². The number of rotatable bonds is 5. The van der Waals surface area contributed by atoms with E-state index in [4.69, 9.17) is 4.74 Å². The third-order valence-electron chi connectivity index (χ3n) is 4.01. The van der Waals surface area contributed by atoms with E-state index >= 15 is 0 Å². The first-order chi connectivity index (χ1) is 10.9. The van der Waals surface area contributed by atoms with Crippen LogP contribution in [0.2, 0.25) is 0 Å². The summed E-state index contributed by atoms with van der Waals surface area (Å²) in [7, 11) is 0. The number of hydrogen-bond donors (Lipinski definition) is 1. The van der Waals surface area contributed by atoms with Gasteiger partial charge in [-0.3, -0.25) is 9.48 Å². The predicted molar refractivity (Wildman–Crippen MR) is 78.9 cm³/mol. The molecule has 1 aliphatic heterocycles. The van der Waals surface area contributed by atoms with Crippen LogP contribution in [0.15, 0.2) is 4.47 Å². The highest BCUT2D eigenvalue weighted by atomic mass is 79.9. The summed E-state index contributed by atoms with van der Waals surface area (Å²) in [5.74, 6) is -0.315. The number of hydrogen-bond acceptors (Lipinski definition) is 3. The van der Waals surface area contributed by atoms with Crippen molar-refractivity contribution in [3.05, 3.63) is 15.9 Å². The molecule has 2 heterocycles. The molecule has 1 aromatic rings. The maximum Gasteiger partial charge on any atom is 0.436 e. The van der Waals surface area contributed by atoms with Crippen LogP contribution in [0, 0.1) is 0 Å². The summed E-state index contributed by atoms with van der Waals surface area (Å²) in [5.41, 5.74) is -0.504.